The summed E-state index contributed by atoms with van der Waals surface area (Å²) in [5, 5.41) is 52.9. The predicted molar refractivity (Wildman–Crippen MR) is 155 cm³/mol. The Morgan fingerprint density at radius 3 is 0.800 bits per heavy atom. The van der Waals surface area contributed by atoms with Crippen LogP contribution in [0.5, 0.6) is 0 Å². The normalized spacial score (nSPS) is 11.0. The first-order chi connectivity index (χ1) is 20.8. The highest BCUT2D eigenvalue weighted by Gasteiger charge is 2.19. The van der Waals surface area contributed by atoms with E-state index in [2.05, 4.69) is 0 Å². The van der Waals surface area contributed by atoms with Crippen LogP contribution in [0.3, 0.4) is 0 Å². The van der Waals surface area contributed by atoms with Crippen LogP contribution in [-0.4, -0.2) is 201 Å². The standard InChI is InChI=1S/C15H25N3O9.C11H20N2O5/c1-11(19)6-17(8-13(22)23)4-2-16(7-12(20)21)3-5-18(9-14(24)25)10-15(26)27;1-3-12(7-10(15)16)4-5-13(6-9(2)14)8-11(17)18/h2-10H2,1H3,(H,20,21)(H,22,23)(H,24,25)(H,26,27);3-8H2,1-2H3,(H,15,16)(H,17,18). The number of likely N-dealkylation sites (N-methyl/N-ethyl adjacent to an activating group) is 1. The lowest BCUT2D eigenvalue weighted by molar-refractivity contribution is -0.143. The van der Waals surface area contributed by atoms with Crippen molar-refractivity contribution in [3.8, 4) is 0 Å². The molecular weight excluding hydrogens is 606 g/mol. The van der Waals surface area contributed by atoms with E-state index in [1.807, 2.05) is 6.92 Å². The molecule has 19 nitrogen and oxygen atoms in total. The van der Waals surface area contributed by atoms with Crippen molar-refractivity contribution in [2.75, 3.05) is 98.2 Å². The van der Waals surface area contributed by atoms with Gasteiger partial charge in [0.15, 0.2) is 0 Å². The van der Waals surface area contributed by atoms with Crippen molar-refractivity contribution in [3.63, 3.8) is 0 Å². The number of carbonyl (C=O) groups excluding carboxylic acids is 2. The maximum Gasteiger partial charge on any atom is 0.317 e. The van der Waals surface area contributed by atoms with Crippen LogP contribution in [-0.2, 0) is 38.4 Å². The highest BCUT2D eigenvalue weighted by molar-refractivity contribution is 5.79. The number of carboxylic acids is 6. The minimum Gasteiger partial charge on any atom is -0.480 e. The average molecular weight is 652 g/mol. The predicted octanol–water partition coefficient (Wildman–Crippen LogP) is -2.81. The quantitative estimate of drug-likeness (QED) is 0.0550. The van der Waals surface area contributed by atoms with Crippen LogP contribution in [0.1, 0.15) is 20.8 Å². The highest BCUT2D eigenvalue weighted by Crippen LogP contribution is 1.98. The van der Waals surface area contributed by atoms with E-state index in [1.165, 1.54) is 28.5 Å². The van der Waals surface area contributed by atoms with Crippen molar-refractivity contribution in [1.82, 2.24) is 24.5 Å². The Labute approximate surface area is 260 Å². The molecule has 19 heteroatoms. The van der Waals surface area contributed by atoms with Gasteiger partial charge in [-0.05, 0) is 20.4 Å². The van der Waals surface area contributed by atoms with Gasteiger partial charge in [0.1, 0.15) is 11.6 Å². The summed E-state index contributed by atoms with van der Waals surface area (Å²) in [4.78, 5) is 93.9. The van der Waals surface area contributed by atoms with Crippen LogP contribution in [0, 0.1) is 0 Å². The van der Waals surface area contributed by atoms with Crippen molar-refractivity contribution in [2.24, 2.45) is 0 Å². The fourth-order valence-corrected chi connectivity index (χ4v) is 3.89. The Morgan fingerprint density at radius 1 is 0.356 bits per heavy atom. The summed E-state index contributed by atoms with van der Waals surface area (Å²) >= 11 is 0. The van der Waals surface area contributed by atoms with Gasteiger partial charge >= 0.3 is 35.8 Å². The molecule has 0 aliphatic rings. The Balaban J connectivity index is 0. The Hall–Kier alpha value is -4.04. The topological polar surface area (TPSA) is 274 Å². The van der Waals surface area contributed by atoms with Gasteiger partial charge in [-0.15, -0.1) is 0 Å². The molecule has 0 atom stereocenters. The molecule has 6 N–H and O–H groups in total. The Bertz CT molecular complexity index is 921. The zero-order valence-electron chi connectivity index (χ0n) is 25.8. The minimum atomic E-state index is -1.21. The van der Waals surface area contributed by atoms with Crippen LogP contribution >= 0.6 is 0 Å². The second-order valence-electron chi connectivity index (χ2n) is 10.0. The van der Waals surface area contributed by atoms with Gasteiger partial charge in [-0.1, -0.05) is 6.92 Å². The zero-order valence-corrected chi connectivity index (χ0v) is 25.8. The van der Waals surface area contributed by atoms with Gasteiger partial charge in [0.25, 0.3) is 0 Å². The van der Waals surface area contributed by atoms with Crippen molar-refractivity contribution in [2.45, 2.75) is 20.8 Å². The molecule has 0 radical (unpaired) electrons. The number of aliphatic carboxylic acids is 6. The molecule has 258 valence electrons. The minimum absolute atomic E-state index is 0.00246. The van der Waals surface area contributed by atoms with E-state index >= 15 is 0 Å². The number of rotatable bonds is 26. The fraction of sp³-hybridized carbons (Fsp3) is 0.692. The van der Waals surface area contributed by atoms with Gasteiger partial charge in [0, 0.05) is 39.3 Å². The summed E-state index contributed by atoms with van der Waals surface area (Å²) in [6.45, 7) is 4.01. The summed E-state index contributed by atoms with van der Waals surface area (Å²) in [7, 11) is 0. The van der Waals surface area contributed by atoms with E-state index in [-0.39, 0.29) is 70.5 Å². The number of carbonyl (C=O) groups is 8. The Kier molecular flexibility index (Phi) is 23.3. The summed E-state index contributed by atoms with van der Waals surface area (Å²) in [5.41, 5.74) is 0. The Morgan fingerprint density at radius 2 is 0.556 bits per heavy atom. The lowest BCUT2D eigenvalue weighted by Gasteiger charge is -2.27. The SMILES string of the molecule is CC(=O)CN(CCN(CCN(CC(=O)O)CC(=O)O)CC(=O)O)CC(=O)O.CCN(CCN(CC(C)=O)CC(=O)O)CC(=O)O. The molecule has 45 heavy (non-hydrogen) atoms. The molecule has 0 aliphatic heterocycles. The molecule has 0 spiro atoms. The molecule has 0 amide bonds. The molecule has 0 unspecified atom stereocenters. The molecule has 0 aromatic heterocycles. The first kappa shape index (κ1) is 43.1. The number of hydrogen-bond acceptors (Lipinski definition) is 13. The van der Waals surface area contributed by atoms with E-state index in [9.17, 15) is 38.4 Å². The highest BCUT2D eigenvalue weighted by atomic mass is 16.4. The molecule has 0 heterocycles. The van der Waals surface area contributed by atoms with Crippen LogP contribution in [0.4, 0.5) is 0 Å². The first-order valence-corrected chi connectivity index (χ1v) is 13.8. The van der Waals surface area contributed by atoms with Gasteiger partial charge in [0.05, 0.1) is 52.4 Å². The fourth-order valence-electron chi connectivity index (χ4n) is 3.89. The van der Waals surface area contributed by atoms with Gasteiger partial charge in [-0.25, -0.2) is 0 Å². The largest absolute Gasteiger partial charge is 0.480 e. The van der Waals surface area contributed by atoms with E-state index in [4.69, 9.17) is 30.6 Å². The van der Waals surface area contributed by atoms with Gasteiger partial charge < -0.3 is 30.6 Å². The van der Waals surface area contributed by atoms with Crippen LogP contribution < -0.4 is 0 Å². The number of hydrogen-bond donors (Lipinski definition) is 6. The van der Waals surface area contributed by atoms with Gasteiger partial charge in [-0.3, -0.25) is 62.9 Å². The summed E-state index contributed by atoms with van der Waals surface area (Å²) in [5.74, 6) is -6.98. The second-order valence-corrected chi connectivity index (χ2v) is 10.0. The number of Topliss-reactive ketones (excluding diaryl/α,β-unsaturated/α-hetero) is 2. The molecule has 0 aromatic rings. The summed E-state index contributed by atoms with van der Waals surface area (Å²) in [6, 6.07) is 0. The maximum absolute atomic E-state index is 11.2. The van der Waals surface area contributed by atoms with Crippen molar-refractivity contribution < 1.29 is 69.0 Å². The number of nitrogens with zero attached hydrogens (tertiary/aromatic N) is 5. The summed E-state index contributed by atoms with van der Waals surface area (Å²) in [6.07, 6.45) is 0. The molecule has 0 saturated heterocycles. The van der Waals surface area contributed by atoms with Crippen molar-refractivity contribution in [3.05, 3.63) is 0 Å². The van der Waals surface area contributed by atoms with E-state index in [1.54, 1.807) is 4.90 Å². The van der Waals surface area contributed by atoms with Crippen LogP contribution in [0.25, 0.3) is 0 Å². The molecule has 0 aromatic carbocycles. The molecule has 0 fully saturated rings. The molecule has 0 bridgehead atoms. The molecule has 0 rings (SSSR count). The zero-order chi connectivity index (χ0) is 35.1. The van der Waals surface area contributed by atoms with E-state index < -0.39 is 55.5 Å². The van der Waals surface area contributed by atoms with E-state index in [0.29, 0.717) is 19.6 Å². The first-order valence-electron chi connectivity index (χ1n) is 13.8. The van der Waals surface area contributed by atoms with Gasteiger partial charge in [-0.2, -0.15) is 0 Å². The smallest absolute Gasteiger partial charge is 0.317 e. The van der Waals surface area contributed by atoms with Gasteiger partial charge in [0.2, 0.25) is 0 Å². The number of carboxylic acid groups (broad SMARTS) is 6. The second kappa shape index (κ2) is 24.3. The van der Waals surface area contributed by atoms with Crippen LogP contribution in [0.2, 0.25) is 0 Å². The van der Waals surface area contributed by atoms with Crippen molar-refractivity contribution in [1.29, 1.82) is 0 Å². The molecular formula is C26H45N5O14. The lowest BCUT2D eigenvalue weighted by atomic mass is 10.3. The third-order valence-corrected chi connectivity index (χ3v) is 5.69. The third-order valence-electron chi connectivity index (χ3n) is 5.69. The van der Waals surface area contributed by atoms with Crippen LogP contribution in [0.15, 0.2) is 0 Å². The average Bonchev–Trinajstić information content (AvgIpc) is 2.85. The maximum atomic E-state index is 11.2. The molecule has 0 aliphatic carbocycles. The monoisotopic (exact) mass is 651 g/mol. The summed E-state index contributed by atoms with van der Waals surface area (Å²) < 4.78 is 0. The lowest BCUT2D eigenvalue weighted by Crippen LogP contribution is -2.45. The third kappa shape index (κ3) is 28.5. The van der Waals surface area contributed by atoms with E-state index in [0.717, 1.165) is 4.90 Å². The molecule has 0 saturated carbocycles. The van der Waals surface area contributed by atoms with Crippen molar-refractivity contribution >= 4 is 47.4 Å². The number of ketones is 2.